The highest BCUT2D eigenvalue weighted by Gasteiger charge is 2.31. The standard InChI is InChI=1S/C17H18F3N3O/c1-21-14-4-2-3-5-15(14)23-9-8-13(11-23)24-16-7-6-12(10-22-16)17(18,19)20/h2-7,10,13,21H,8-9,11H2,1H3/t13-/m1/s1. The first-order chi connectivity index (χ1) is 11.5. The normalized spacial score (nSPS) is 17.8. The van der Waals surface area contributed by atoms with Gasteiger partial charge in [-0.05, 0) is 18.2 Å². The molecule has 0 saturated carbocycles. The molecule has 0 aliphatic carbocycles. The number of nitrogens with one attached hydrogen (secondary N) is 1. The molecule has 1 aromatic heterocycles. The first-order valence-corrected chi connectivity index (χ1v) is 7.69. The van der Waals surface area contributed by atoms with Crippen LogP contribution < -0.4 is 15.0 Å². The van der Waals surface area contributed by atoms with Gasteiger partial charge in [0.15, 0.2) is 0 Å². The third-order valence-corrected chi connectivity index (χ3v) is 4.01. The highest BCUT2D eigenvalue weighted by molar-refractivity contribution is 5.70. The van der Waals surface area contributed by atoms with Gasteiger partial charge in [-0.25, -0.2) is 4.98 Å². The van der Waals surface area contributed by atoms with E-state index in [-0.39, 0.29) is 12.0 Å². The van der Waals surface area contributed by atoms with Gasteiger partial charge in [0.05, 0.1) is 23.5 Å². The number of benzene rings is 1. The van der Waals surface area contributed by atoms with Crippen LogP contribution in [0.15, 0.2) is 42.6 Å². The van der Waals surface area contributed by atoms with Crippen molar-refractivity contribution in [2.45, 2.75) is 18.7 Å². The summed E-state index contributed by atoms with van der Waals surface area (Å²) in [5.41, 5.74) is 1.35. The maximum absolute atomic E-state index is 12.5. The van der Waals surface area contributed by atoms with Gasteiger partial charge < -0.3 is 15.0 Å². The molecule has 2 aromatic rings. The van der Waals surface area contributed by atoms with Gasteiger partial charge in [-0.3, -0.25) is 0 Å². The summed E-state index contributed by atoms with van der Waals surface area (Å²) < 4.78 is 43.4. The lowest BCUT2D eigenvalue weighted by molar-refractivity contribution is -0.137. The van der Waals surface area contributed by atoms with Gasteiger partial charge in [0.2, 0.25) is 5.88 Å². The number of hydrogen-bond acceptors (Lipinski definition) is 4. The Morgan fingerprint density at radius 2 is 2.00 bits per heavy atom. The van der Waals surface area contributed by atoms with Gasteiger partial charge in [-0.1, -0.05) is 12.1 Å². The van der Waals surface area contributed by atoms with Crippen molar-refractivity contribution < 1.29 is 17.9 Å². The number of pyridine rings is 1. The van der Waals surface area contributed by atoms with E-state index in [0.717, 1.165) is 36.6 Å². The lowest BCUT2D eigenvalue weighted by Gasteiger charge is -2.21. The van der Waals surface area contributed by atoms with Crippen LogP contribution in [0.25, 0.3) is 0 Å². The molecule has 24 heavy (non-hydrogen) atoms. The maximum atomic E-state index is 12.5. The molecule has 128 valence electrons. The molecule has 0 unspecified atom stereocenters. The van der Waals surface area contributed by atoms with Crippen molar-refractivity contribution in [1.29, 1.82) is 0 Å². The lowest BCUT2D eigenvalue weighted by Crippen LogP contribution is -2.25. The van der Waals surface area contributed by atoms with E-state index < -0.39 is 11.7 Å². The van der Waals surface area contributed by atoms with Gasteiger partial charge in [-0.2, -0.15) is 13.2 Å². The maximum Gasteiger partial charge on any atom is 0.417 e. The molecule has 1 aliphatic heterocycles. The van der Waals surface area contributed by atoms with Crippen LogP contribution in [0.5, 0.6) is 5.88 Å². The number of alkyl halides is 3. The summed E-state index contributed by atoms with van der Waals surface area (Å²) in [6.07, 6.45) is -2.88. The van der Waals surface area contributed by atoms with E-state index in [1.165, 1.54) is 6.07 Å². The highest BCUT2D eigenvalue weighted by Crippen LogP contribution is 2.31. The van der Waals surface area contributed by atoms with Crippen molar-refractivity contribution in [2.75, 3.05) is 30.4 Å². The van der Waals surface area contributed by atoms with Crippen molar-refractivity contribution in [1.82, 2.24) is 4.98 Å². The zero-order chi connectivity index (χ0) is 17.2. The largest absolute Gasteiger partial charge is 0.472 e. The molecule has 1 N–H and O–H groups in total. The summed E-state index contributed by atoms with van der Waals surface area (Å²) in [6, 6.07) is 10.2. The summed E-state index contributed by atoms with van der Waals surface area (Å²) in [5.74, 6) is 0.219. The van der Waals surface area contributed by atoms with E-state index in [1.807, 2.05) is 31.3 Å². The molecule has 2 heterocycles. The predicted octanol–water partition coefficient (Wildman–Crippen LogP) is 3.80. The minimum Gasteiger partial charge on any atom is -0.472 e. The molecule has 1 aliphatic rings. The molecule has 0 bridgehead atoms. The fourth-order valence-electron chi connectivity index (χ4n) is 2.79. The molecule has 1 saturated heterocycles. The second kappa shape index (κ2) is 6.59. The van der Waals surface area contributed by atoms with Crippen LogP contribution in [0.3, 0.4) is 0 Å². The Kier molecular flexibility index (Phi) is 4.51. The van der Waals surface area contributed by atoms with Crippen LogP contribution in [-0.4, -0.2) is 31.2 Å². The number of aromatic nitrogens is 1. The Balaban J connectivity index is 1.64. The summed E-state index contributed by atoms with van der Waals surface area (Å²) in [6.45, 7) is 1.49. The van der Waals surface area contributed by atoms with E-state index in [2.05, 4.69) is 15.2 Å². The molecule has 1 aromatic carbocycles. The Morgan fingerprint density at radius 1 is 1.21 bits per heavy atom. The fraction of sp³-hybridized carbons (Fsp3) is 0.353. The zero-order valence-electron chi connectivity index (χ0n) is 13.2. The third-order valence-electron chi connectivity index (χ3n) is 4.01. The molecule has 0 radical (unpaired) electrons. The van der Waals surface area contributed by atoms with Gasteiger partial charge in [0.25, 0.3) is 0 Å². The number of hydrogen-bond donors (Lipinski definition) is 1. The van der Waals surface area contributed by atoms with E-state index >= 15 is 0 Å². The predicted molar refractivity (Wildman–Crippen MR) is 86.5 cm³/mol. The second-order valence-electron chi connectivity index (χ2n) is 5.62. The second-order valence-corrected chi connectivity index (χ2v) is 5.62. The average molecular weight is 337 g/mol. The molecule has 7 heteroatoms. The monoisotopic (exact) mass is 337 g/mol. The highest BCUT2D eigenvalue weighted by atomic mass is 19.4. The Morgan fingerprint density at radius 3 is 2.67 bits per heavy atom. The number of para-hydroxylation sites is 2. The van der Waals surface area contributed by atoms with E-state index in [4.69, 9.17) is 4.74 Å². The number of rotatable bonds is 4. The molecule has 4 nitrogen and oxygen atoms in total. The van der Waals surface area contributed by atoms with Crippen LogP contribution in [-0.2, 0) is 6.18 Å². The molecule has 3 rings (SSSR count). The van der Waals surface area contributed by atoms with Gasteiger partial charge in [-0.15, -0.1) is 0 Å². The minimum atomic E-state index is -4.38. The van der Waals surface area contributed by atoms with Crippen molar-refractivity contribution >= 4 is 11.4 Å². The Bertz CT molecular complexity index is 688. The number of ether oxygens (including phenoxy) is 1. The van der Waals surface area contributed by atoms with Gasteiger partial charge in [0.1, 0.15) is 6.10 Å². The first kappa shape index (κ1) is 16.4. The first-order valence-electron chi connectivity index (χ1n) is 7.69. The number of anilines is 2. The summed E-state index contributed by atoms with van der Waals surface area (Å²) in [4.78, 5) is 5.96. The molecule has 1 atom stereocenters. The SMILES string of the molecule is CNc1ccccc1N1CC[C@@H](Oc2ccc(C(F)(F)F)cn2)C1. The van der Waals surface area contributed by atoms with E-state index in [9.17, 15) is 13.2 Å². The number of nitrogens with zero attached hydrogens (tertiary/aromatic N) is 2. The van der Waals surface area contributed by atoms with Crippen molar-refractivity contribution in [3.05, 3.63) is 48.2 Å². The fourth-order valence-corrected chi connectivity index (χ4v) is 2.79. The zero-order valence-corrected chi connectivity index (χ0v) is 13.2. The molecular weight excluding hydrogens is 319 g/mol. The topological polar surface area (TPSA) is 37.4 Å². The van der Waals surface area contributed by atoms with Crippen LogP contribution in [0.1, 0.15) is 12.0 Å². The van der Waals surface area contributed by atoms with Crippen LogP contribution in [0.4, 0.5) is 24.5 Å². The van der Waals surface area contributed by atoms with Crippen LogP contribution >= 0.6 is 0 Å². The molecule has 0 amide bonds. The molecule has 1 fully saturated rings. The Labute approximate surface area is 138 Å². The summed E-state index contributed by atoms with van der Waals surface area (Å²) >= 11 is 0. The lowest BCUT2D eigenvalue weighted by atomic mass is 10.2. The smallest absolute Gasteiger partial charge is 0.417 e. The van der Waals surface area contributed by atoms with Gasteiger partial charge >= 0.3 is 6.18 Å². The Hall–Kier alpha value is -2.44. The quantitative estimate of drug-likeness (QED) is 0.921. The van der Waals surface area contributed by atoms with Crippen molar-refractivity contribution in [3.8, 4) is 5.88 Å². The number of halogens is 3. The van der Waals surface area contributed by atoms with Crippen molar-refractivity contribution in [2.24, 2.45) is 0 Å². The minimum absolute atomic E-state index is 0.0980. The van der Waals surface area contributed by atoms with Gasteiger partial charge in [0, 0.05) is 32.3 Å². The summed E-state index contributed by atoms with van der Waals surface area (Å²) in [5, 5.41) is 3.16. The van der Waals surface area contributed by atoms with Crippen LogP contribution in [0, 0.1) is 0 Å². The summed E-state index contributed by atoms with van der Waals surface area (Å²) in [7, 11) is 1.87. The average Bonchev–Trinajstić information content (AvgIpc) is 3.03. The van der Waals surface area contributed by atoms with Crippen LogP contribution in [0.2, 0.25) is 0 Å². The van der Waals surface area contributed by atoms with Crippen molar-refractivity contribution in [3.63, 3.8) is 0 Å². The molecular formula is C17H18F3N3O. The van der Waals surface area contributed by atoms with E-state index in [0.29, 0.717) is 6.54 Å². The third kappa shape index (κ3) is 3.55. The van der Waals surface area contributed by atoms with E-state index in [1.54, 1.807) is 0 Å². The molecule has 0 spiro atoms.